The van der Waals surface area contributed by atoms with Crippen molar-refractivity contribution in [1.82, 2.24) is 14.6 Å². The number of aromatic nitrogens is 3. The number of methoxy groups -OCH3 is 1. The summed E-state index contributed by atoms with van der Waals surface area (Å²) in [5, 5.41) is 4.75. The Morgan fingerprint density at radius 2 is 2.00 bits per heavy atom. The van der Waals surface area contributed by atoms with E-state index in [-0.39, 0.29) is 5.41 Å². The van der Waals surface area contributed by atoms with Crippen molar-refractivity contribution in [2.24, 2.45) is 0 Å². The van der Waals surface area contributed by atoms with Gasteiger partial charge in [0.15, 0.2) is 5.65 Å². The van der Waals surface area contributed by atoms with Crippen molar-refractivity contribution < 1.29 is 4.74 Å². The third kappa shape index (κ3) is 1.82. The molecule has 4 rings (SSSR count). The fourth-order valence-corrected chi connectivity index (χ4v) is 3.20. The van der Waals surface area contributed by atoms with E-state index in [9.17, 15) is 0 Å². The summed E-state index contributed by atoms with van der Waals surface area (Å²) in [5.74, 6) is 0.893. The van der Waals surface area contributed by atoms with Crippen molar-refractivity contribution in [3.05, 3.63) is 60.0 Å². The van der Waals surface area contributed by atoms with Gasteiger partial charge in [0.2, 0.25) is 0 Å². The van der Waals surface area contributed by atoms with Crippen LogP contribution in [-0.4, -0.2) is 21.7 Å². The Morgan fingerprint density at radius 1 is 1.19 bits per heavy atom. The summed E-state index contributed by atoms with van der Waals surface area (Å²) in [5.41, 5.74) is 3.39. The predicted octanol–water partition coefficient (Wildman–Crippen LogP) is 3.21. The molecule has 0 atom stereocenters. The van der Waals surface area contributed by atoms with Crippen molar-refractivity contribution >= 4 is 5.65 Å². The van der Waals surface area contributed by atoms with Crippen LogP contribution < -0.4 is 4.74 Å². The molecule has 0 N–H and O–H groups in total. The molecule has 1 aromatic carbocycles. The van der Waals surface area contributed by atoms with Crippen LogP contribution in [0.15, 0.2) is 48.8 Å². The van der Waals surface area contributed by atoms with Crippen LogP contribution in [0.2, 0.25) is 0 Å². The van der Waals surface area contributed by atoms with E-state index in [1.54, 1.807) is 7.11 Å². The van der Waals surface area contributed by atoms with Gasteiger partial charge >= 0.3 is 0 Å². The van der Waals surface area contributed by atoms with E-state index in [1.807, 2.05) is 35.1 Å². The second-order valence-electron chi connectivity index (χ2n) is 5.62. The highest BCUT2D eigenvalue weighted by Gasteiger charge is 2.42. The topological polar surface area (TPSA) is 39.4 Å². The van der Waals surface area contributed by atoms with Crippen LogP contribution in [0.1, 0.15) is 30.5 Å². The lowest BCUT2D eigenvalue weighted by molar-refractivity contribution is 0.292. The summed E-state index contributed by atoms with van der Waals surface area (Å²) in [7, 11) is 1.70. The van der Waals surface area contributed by atoms with Crippen molar-refractivity contribution in [1.29, 1.82) is 0 Å². The molecule has 1 fully saturated rings. The van der Waals surface area contributed by atoms with Gasteiger partial charge in [0.1, 0.15) is 5.75 Å². The quantitative estimate of drug-likeness (QED) is 0.739. The minimum Gasteiger partial charge on any atom is -0.497 e. The second-order valence-corrected chi connectivity index (χ2v) is 5.62. The smallest absolute Gasteiger partial charge is 0.155 e. The third-order valence-electron chi connectivity index (χ3n) is 4.58. The normalized spacial score (nSPS) is 16.6. The van der Waals surface area contributed by atoms with Crippen LogP contribution in [0.3, 0.4) is 0 Å². The minimum absolute atomic E-state index is 0.0416. The molecule has 0 aliphatic heterocycles. The monoisotopic (exact) mass is 279 g/mol. The molecule has 1 aliphatic rings. The predicted molar refractivity (Wildman–Crippen MR) is 80.6 cm³/mol. The first kappa shape index (κ1) is 12.4. The molecule has 1 saturated carbocycles. The molecule has 0 unspecified atom stereocenters. The zero-order chi connectivity index (χ0) is 14.3. The minimum atomic E-state index is 0.0416. The highest BCUT2D eigenvalue weighted by molar-refractivity contribution is 5.47. The van der Waals surface area contributed by atoms with Gasteiger partial charge in [-0.1, -0.05) is 18.6 Å². The Hall–Kier alpha value is -2.36. The maximum absolute atomic E-state index is 5.26. The molecule has 4 nitrogen and oxygen atoms in total. The van der Waals surface area contributed by atoms with Gasteiger partial charge in [-0.2, -0.15) is 5.10 Å². The number of nitrogens with zero attached hydrogens (tertiary/aromatic N) is 3. The van der Waals surface area contributed by atoms with E-state index in [0.29, 0.717) is 0 Å². The molecule has 21 heavy (non-hydrogen) atoms. The van der Waals surface area contributed by atoms with Crippen LogP contribution in [0.4, 0.5) is 0 Å². The SMILES string of the molecule is COc1ccc(C2(c3cc4ncccn4n3)CCC2)cc1. The van der Waals surface area contributed by atoms with Gasteiger partial charge in [-0.15, -0.1) is 0 Å². The Labute approximate surface area is 123 Å². The molecule has 0 bridgehead atoms. The van der Waals surface area contributed by atoms with Crippen molar-refractivity contribution in [2.45, 2.75) is 24.7 Å². The fraction of sp³-hybridized carbons (Fsp3) is 0.294. The molecule has 3 aromatic rings. The molecule has 0 radical (unpaired) electrons. The number of hydrogen-bond donors (Lipinski definition) is 0. The molecule has 2 aromatic heterocycles. The summed E-state index contributed by atoms with van der Waals surface area (Å²) in [4.78, 5) is 4.38. The highest BCUT2D eigenvalue weighted by Crippen LogP contribution is 2.48. The molecule has 106 valence electrons. The zero-order valence-corrected chi connectivity index (χ0v) is 12.0. The summed E-state index contributed by atoms with van der Waals surface area (Å²) < 4.78 is 7.12. The molecule has 1 aliphatic carbocycles. The Balaban J connectivity index is 1.81. The number of benzene rings is 1. The van der Waals surface area contributed by atoms with E-state index in [1.165, 1.54) is 12.0 Å². The van der Waals surface area contributed by atoms with E-state index < -0.39 is 0 Å². The van der Waals surface area contributed by atoms with Gasteiger partial charge in [0.05, 0.1) is 12.8 Å². The van der Waals surface area contributed by atoms with E-state index in [0.717, 1.165) is 29.9 Å². The standard InChI is InChI=1S/C17H17N3O/c1-21-14-6-4-13(5-7-14)17(8-2-9-17)15-12-16-18-10-3-11-20(16)19-15/h3-7,10-12H,2,8-9H2,1H3. The number of fused-ring (bicyclic) bond motifs is 1. The molecular formula is C17H17N3O. The highest BCUT2D eigenvalue weighted by atomic mass is 16.5. The number of hydrogen-bond acceptors (Lipinski definition) is 3. The first-order valence-electron chi connectivity index (χ1n) is 7.27. The molecular weight excluding hydrogens is 262 g/mol. The van der Waals surface area contributed by atoms with E-state index >= 15 is 0 Å². The van der Waals surface area contributed by atoms with Crippen LogP contribution >= 0.6 is 0 Å². The molecule has 4 heteroatoms. The van der Waals surface area contributed by atoms with Crippen LogP contribution in [-0.2, 0) is 5.41 Å². The van der Waals surface area contributed by atoms with Crippen molar-refractivity contribution in [2.75, 3.05) is 7.11 Å². The fourth-order valence-electron chi connectivity index (χ4n) is 3.20. The van der Waals surface area contributed by atoms with Gasteiger partial charge in [-0.25, -0.2) is 9.50 Å². The zero-order valence-electron chi connectivity index (χ0n) is 12.0. The van der Waals surface area contributed by atoms with Gasteiger partial charge in [-0.05, 0) is 36.6 Å². The maximum Gasteiger partial charge on any atom is 0.155 e. The summed E-state index contributed by atoms with van der Waals surface area (Å²) >= 11 is 0. The van der Waals surface area contributed by atoms with Crippen LogP contribution in [0.25, 0.3) is 5.65 Å². The molecule has 0 spiro atoms. The molecule has 2 heterocycles. The average molecular weight is 279 g/mol. The largest absolute Gasteiger partial charge is 0.497 e. The lowest BCUT2D eigenvalue weighted by atomic mass is 9.62. The van der Waals surface area contributed by atoms with E-state index in [4.69, 9.17) is 9.84 Å². The summed E-state index contributed by atoms with van der Waals surface area (Å²) in [6, 6.07) is 12.4. The Bertz CT molecular complexity index is 739. The molecule has 0 saturated heterocycles. The first-order chi connectivity index (χ1) is 10.3. The summed E-state index contributed by atoms with van der Waals surface area (Å²) in [6.45, 7) is 0. The maximum atomic E-state index is 5.26. The van der Waals surface area contributed by atoms with Gasteiger partial charge in [0.25, 0.3) is 0 Å². The van der Waals surface area contributed by atoms with Gasteiger partial charge in [-0.3, -0.25) is 0 Å². The lowest BCUT2D eigenvalue weighted by Gasteiger charge is -2.41. The van der Waals surface area contributed by atoms with Crippen molar-refractivity contribution in [3.8, 4) is 5.75 Å². The third-order valence-corrected chi connectivity index (χ3v) is 4.58. The molecule has 0 amide bonds. The average Bonchev–Trinajstić information content (AvgIpc) is 2.91. The van der Waals surface area contributed by atoms with Gasteiger partial charge in [0, 0.05) is 23.9 Å². The van der Waals surface area contributed by atoms with Crippen LogP contribution in [0.5, 0.6) is 5.75 Å². The summed E-state index contributed by atoms with van der Waals surface area (Å²) in [6.07, 6.45) is 7.29. The van der Waals surface area contributed by atoms with Crippen molar-refractivity contribution in [3.63, 3.8) is 0 Å². The lowest BCUT2D eigenvalue weighted by Crippen LogP contribution is -2.35. The Morgan fingerprint density at radius 3 is 2.62 bits per heavy atom. The number of ether oxygens (including phenoxy) is 1. The second kappa shape index (κ2) is 4.58. The Kier molecular flexibility index (Phi) is 2.70. The van der Waals surface area contributed by atoms with E-state index in [2.05, 4.69) is 23.2 Å². The van der Waals surface area contributed by atoms with Crippen LogP contribution in [0, 0.1) is 0 Å². The van der Waals surface area contributed by atoms with Gasteiger partial charge < -0.3 is 4.74 Å². The first-order valence-corrected chi connectivity index (χ1v) is 7.27. The number of rotatable bonds is 3.